The van der Waals surface area contributed by atoms with Gasteiger partial charge in [0.1, 0.15) is 5.75 Å². The average Bonchev–Trinajstić information content (AvgIpc) is 2.39. The molecule has 1 heterocycles. The fraction of sp³-hybridized carbons (Fsp3) is 0. The van der Waals surface area contributed by atoms with Gasteiger partial charge in [0.05, 0.1) is 10.2 Å². The highest BCUT2D eigenvalue weighted by atomic mass is 32.1. The van der Waals surface area contributed by atoms with Crippen molar-refractivity contribution in [1.29, 1.82) is 5.41 Å². The summed E-state index contributed by atoms with van der Waals surface area (Å²) in [4.78, 5) is 10.7. The summed E-state index contributed by atoms with van der Waals surface area (Å²) in [6.45, 7) is 0. The molecule has 3 N–H and O–H groups in total. The average molecular weight is 210 g/mol. The Hall–Kier alpha value is -1.82. The summed E-state index contributed by atoms with van der Waals surface area (Å²) in [5, 5.41) is 25.4. The van der Waals surface area contributed by atoms with E-state index in [1.807, 2.05) is 0 Å². The Morgan fingerprint density at radius 3 is 2.86 bits per heavy atom. The van der Waals surface area contributed by atoms with Gasteiger partial charge >= 0.3 is 6.09 Å². The third-order valence-electron chi connectivity index (χ3n) is 1.79. The van der Waals surface area contributed by atoms with Crippen LogP contribution in [-0.2, 0) is 0 Å². The molecular formula is C8H6N2O3S. The van der Waals surface area contributed by atoms with Gasteiger partial charge in [-0.25, -0.2) is 9.36 Å². The maximum atomic E-state index is 10.8. The summed E-state index contributed by atoms with van der Waals surface area (Å²) in [5.74, 6) is 0.0660. The Kier molecular flexibility index (Phi) is 1.78. The van der Waals surface area contributed by atoms with Crippen molar-refractivity contribution in [3.63, 3.8) is 0 Å². The first-order valence-corrected chi connectivity index (χ1v) is 4.53. The molecule has 0 amide bonds. The van der Waals surface area contributed by atoms with Crippen molar-refractivity contribution in [3.05, 3.63) is 23.0 Å². The number of rotatable bonds is 0. The summed E-state index contributed by atoms with van der Waals surface area (Å²) in [6, 6.07) is 4.32. The highest BCUT2D eigenvalue weighted by Gasteiger charge is 2.10. The number of hydrogen-bond acceptors (Lipinski definition) is 4. The molecule has 0 radical (unpaired) electrons. The Bertz CT molecular complexity index is 569. The van der Waals surface area contributed by atoms with Crippen LogP contribution in [0.3, 0.4) is 0 Å². The number of nitrogens with zero attached hydrogens (tertiary/aromatic N) is 1. The van der Waals surface area contributed by atoms with Crippen molar-refractivity contribution < 1.29 is 15.0 Å². The van der Waals surface area contributed by atoms with Gasteiger partial charge < -0.3 is 10.2 Å². The fourth-order valence-electron chi connectivity index (χ4n) is 1.22. The molecule has 1 aromatic carbocycles. The lowest BCUT2D eigenvalue weighted by molar-refractivity contribution is 0.196. The molecule has 0 aliphatic rings. The van der Waals surface area contributed by atoms with Gasteiger partial charge in [-0.2, -0.15) is 0 Å². The lowest BCUT2D eigenvalue weighted by Crippen LogP contribution is -2.19. The van der Waals surface area contributed by atoms with Gasteiger partial charge in [-0.3, -0.25) is 5.41 Å². The van der Waals surface area contributed by atoms with Crippen LogP contribution in [0.15, 0.2) is 18.2 Å². The molecule has 2 rings (SSSR count). The maximum absolute atomic E-state index is 10.8. The lowest BCUT2D eigenvalue weighted by atomic mass is 10.3. The number of hydrogen-bond donors (Lipinski definition) is 3. The molecule has 6 heteroatoms. The minimum Gasteiger partial charge on any atom is -0.508 e. The molecule has 14 heavy (non-hydrogen) atoms. The van der Waals surface area contributed by atoms with Crippen LogP contribution in [0.1, 0.15) is 0 Å². The van der Waals surface area contributed by atoms with Crippen LogP contribution < -0.4 is 4.80 Å². The van der Waals surface area contributed by atoms with Crippen LogP contribution in [0.5, 0.6) is 5.75 Å². The zero-order valence-electron chi connectivity index (χ0n) is 6.89. The number of aromatic nitrogens is 1. The summed E-state index contributed by atoms with van der Waals surface area (Å²) >= 11 is 1.01. The van der Waals surface area contributed by atoms with Crippen molar-refractivity contribution in [1.82, 2.24) is 4.57 Å². The quantitative estimate of drug-likeness (QED) is 0.614. The van der Waals surface area contributed by atoms with E-state index in [-0.39, 0.29) is 10.6 Å². The molecule has 0 aliphatic heterocycles. The molecule has 0 saturated carbocycles. The number of nitrogens with one attached hydrogen (secondary N) is 1. The summed E-state index contributed by atoms with van der Waals surface area (Å²) in [5.41, 5.74) is 0.422. The molecule has 0 spiro atoms. The number of fused-ring (bicyclic) bond motifs is 1. The highest BCUT2D eigenvalue weighted by Crippen LogP contribution is 2.21. The zero-order chi connectivity index (χ0) is 10.3. The number of benzene rings is 1. The summed E-state index contributed by atoms with van der Waals surface area (Å²) < 4.78 is 1.46. The van der Waals surface area contributed by atoms with Crippen LogP contribution in [0.2, 0.25) is 0 Å². The predicted molar refractivity (Wildman–Crippen MR) is 50.8 cm³/mol. The van der Waals surface area contributed by atoms with Crippen LogP contribution in [0.25, 0.3) is 10.2 Å². The molecule has 0 fully saturated rings. The first kappa shape index (κ1) is 8.76. The van der Waals surface area contributed by atoms with Gasteiger partial charge in [0.25, 0.3) is 0 Å². The topological polar surface area (TPSA) is 86.3 Å². The lowest BCUT2D eigenvalue weighted by Gasteiger charge is -1.96. The predicted octanol–water partition coefficient (Wildman–Crippen LogP) is 1.41. The molecule has 0 saturated heterocycles. The highest BCUT2D eigenvalue weighted by molar-refractivity contribution is 7.16. The number of thiazole rings is 1. The molecule has 1 aromatic heterocycles. The second kappa shape index (κ2) is 2.85. The largest absolute Gasteiger partial charge is 0.508 e. The van der Waals surface area contributed by atoms with Gasteiger partial charge in [-0.15, -0.1) is 0 Å². The first-order valence-electron chi connectivity index (χ1n) is 3.72. The smallest absolute Gasteiger partial charge is 0.418 e. The Labute approximate surface area is 82.0 Å². The van der Waals surface area contributed by atoms with Crippen LogP contribution in [0.4, 0.5) is 4.79 Å². The van der Waals surface area contributed by atoms with E-state index in [1.165, 1.54) is 18.2 Å². The molecular weight excluding hydrogens is 204 g/mol. The van der Waals surface area contributed by atoms with Crippen molar-refractivity contribution >= 4 is 27.6 Å². The Balaban J connectivity index is 2.91. The standard InChI is InChI=1S/C8H6N2O3S/c9-7-10(8(12)13)5-2-1-4(11)3-6(5)14-7/h1-3,9,11H,(H,12,13). The van der Waals surface area contributed by atoms with Crippen molar-refractivity contribution in [3.8, 4) is 5.75 Å². The third-order valence-corrected chi connectivity index (χ3v) is 2.71. The van der Waals surface area contributed by atoms with E-state index in [1.54, 1.807) is 0 Å². The van der Waals surface area contributed by atoms with E-state index in [2.05, 4.69) is 0 Å². The SMILES string of the molecule is N=c1sc2cc(O)ccc2n1C(=O)O. The van der Waals surface area contributed by atoms with Gasteiger partial charge in [-0.1, -0.05) is 11.3 Å². The van der Waals surface area contributed by atoms with Gasteiger partial charge in [-0.05, 0) is 18.2 Å². The molecule has 0 unspecified atom stereocenters. The van der Waals surface area contributed by atoms with Crippen molar-refractivity contribution in [2.45, 2.75) is 0 Å². The van der Waals surface area contributed by atoms with E-state index in [4.69, 9.17) is 15.6 Å². The van der Waals surface area contributed by atoms with Crippen LogP contribution in [0, 0.1) is 5.41 Å². The Morgan fingerprint density at radius 2 is 2.21 bits per heavy atom. The second-order valence-electron chi connectivity index (χ2n) is 2.68. The fourth-order valence-corrected chi connectivity index (χ4v) is 2.14. The maximum Gasteiger partial charge on any atom is 0.418 e. The first-order chi connectivity index (χ1) is 6.59. The zero-order valence-corrected chi connectivity index (χ0v) is 7.71. The van der Waals surface area contributed by atoms with Gasteiger partial charge in [0.15, 0.2) is 4.80 Å². The molecule has 72 valence electrons. The van der Waals surface area contributed by atoms with Gasteiger partial charge in [0.2, 0.25) is 0 Å². The van der Waals surface area contributed by atoms with Gasteiger partial charge in [0, 0.05) is 0 Å². The summed E-state index contributed by atoms with van der Waals surface area (Å²) in [7, 11) is 0. The van der Waals surface area contributed by atoms with Crippen molar-refractivity contribution in [2.24, 2.45) is 0 Å². The van der Waals surface area contributed by atoms with Crippen LogP contribution >= 0.6 is 11.3 Å². The number of carbonyl (C=O) groups is 1. The molecule has 5 nitrogen and oxygen atoms in total. The summed E-state index contributed by atoms with van der Waals surface area (Å²) in [6.07, 6.45) is -1.19. The number of phenolic OH excluding ortho intramolecular Hbond substituents is 1. The monoisotopic (exact) mass is 210 g/mol. The molecule has 0 atom stereocenters. The normalized spacial score (nSPS) is 10.6. The minimum atomic E-state index is -1.19. The number of carboxylic acid groups (broad SMARTS) is 1. The molecule has 2 aromatic rings. The Morgan fingerprint density at radius 1 is 1.50 bits per heavy atom. The second-order valence-corrected chi connectivity index (χ2v) is 3.71. The van der Waals surface area contributed by atoms with E-state index in [0.29, 0.717) is 10.2 Å². The number of phenols is 1. The van der Waals surface area contributed by atoms with E-state index < -0.39 is 6.09 Å². The minimum absolute atomic E-state index is 0.0660. The van der Waals surface area contributed by atoms with Crippen LogP contribution in [-0.4, -0.2) is 20.9 Å². The van der Waals surface area contributed by atoms with Crippen molar-refractivity contribution in [2.75, 3.05) is 0 Å². The molecule has 0 bridgehead atoms. The third kappa shape index (κ3) is 1.16. The van der Waals surface area contributed by atoms with E-state index in [0.717, 1.165) is 15.9 Å². The van der Waals surface area contributed by atoms with E-state index >= 15 is 0 Å². The van der Waals surface area contributed by atoms with E-state index in [9.17, 15) is 4.79 Å². The number of aromatic hydroxyl groups is 1. The molecule has 0 aliphatic carbocycles.